The van der Waals surface area contributed by atoms with E-state index >= 15 is 0 Å². The van der Waals surface area contributed by atoms with E-state index in [0.29, 0.717) is 13.1 Å². The molecule has 0 N–H and O–H groups in total. The van der Waals surface area contributed by atoms with Gasteiger partial charge in [-0.05, 0) is 30.5 Å². The van der Waals surface area contributed by atoms with E-state index in [1.54, 1.807) is 11.4 Å². The summed E-state index contributed by atoms with van der Waals surface area (Å²) in [5.74, 6) is 0. The minimum absolute atomic E-state index is 0.0449. The second-order valence-corrected chi connectivity index (χ2v) is 7.65. The lowest BCUT2D eigenvalue weighted by atomic mass is 10.1. The van der Waals surface area contributed by atoms with Crippen LogP contribution in [0.4, 0.5) is 0 Å². The van der Waals surface area contributed by atoms with Crippen LogP contribution in [0.15, 0.2) is 28.7 Å². The summed E-state index contributed by atoms with van der Waals surface area (Å²) in [5.41, 5.74) is 1.06. The SMILES string of the molecule is CCN(C)S(=O)(=O)N1CCC[C@@H]1c1cccc(Br)c1. The Balaban J connectivity index is 2.32. The third kappa shape index (κ3) is 3.02. The summed E-state index contributed by atoms with van der Waals surface area (Å²) in [6.07, 6.45) is 1.79. The van der Waals surface area contributed by atoms with Gasteiger partial charge in [0, 0.05) is 24.6 Å². The Morgan fingerprint density at radius 2 is 2.21 bits per heavy atom. The molecule has 1 aliphatic rings. The van der Waals surface area contributed by atoms with Crippen LogP contribution in [-0.4, -0.2) is 37.2 Å². The molecule has 106 valence electrons. The van der Waals surface area contributed by atoms with Crippen LogP contribution in [0.1, 0.15) is 31.4 Å². The lowest BCUT2D eigenvalue weighted by Gasteiger charge is -2.28. The predicted octanol–water partition coefficient (Wildman–Crippen LogP) is 2.78. The Kier molecular flexibility index (Phi) is 4.66. The molecule has 0 aliphatic carbocycles. The topological polar surface area (TPSA) is 40.6 Å². The van der Waals surface area contributed by atoms with Crippen molar-refractivity contribution in [2.75, 3.05) is 20.1 Å². The Labute approximate surface area is 123 Å². The summed E-state index contributed by atoms with van der Waals surface area (Å²) in [6.45, 7) is 2.94. The van der Waals surface area contributed by atoms with Crippen LogP contribution in [0.2, 0.25) is 0 Å². The molecular formula is C13H19BrN2O2S. The molecule has 1 saturated heterocycles. The number of rotatable bonds is 4. The van der Waals surface area contributed by atoms with Gasteiger partial charge in [0.1, 0.15) is 0 Å². The van der Waals surface area contributed by atoms with Crippen molar-refractivity contribution in [2.45, 2.75) is 25.8 Å². The maximum atomic E-state index is 12.5. The Morgan fingerprint density at radius 1 is 1.47 bits per heavy atom. The van der Waals surface area contributed by atoms with Gasteiger partial charge < -0.3 is 0 Å². The molecule has 1 aliphatic heterocycles. The molecule has 0 unspecified atom stereocenters. The molecule has 0 aromatic heterocycles. The number of hydrogen-bond acceptors (Lipinski definition) is 2. The monoisotopic (exact) mass is 346 g/mol. The second-order valence-electron chi connectivity index (χ2n) is 4.75. The molecule has 0 spiro atoms. The van der Waals surface area contributed by atoms with E-state index in [1.165, 1.54) is 4.31 Å². The molecule has 0 radical (unpaired) electrons. The normalized spacial score (nSPS) is 21.2. The minimum Gasteiger partial charge on any atom is -0.195 e. The van der Waals surface area contributed by atoms with Crippen LogP contribution < -0.4 is 0 Å². The third-order valence-electron chi connectivity index (χ3n) is 3.57. The van der Waals surface area contributed by atoms with E-state index in [1.807, 2.05) is 31.2 Å². The number of hydrogen-bond donors (Lipinski definition) is 0. The molecule has 1 aromatic rings. The molecule has 4 nitrogen and oxygen atoms in total. The maximum Gasteiger partial charge on any atom is 0.282 e. The van der Waals surface area contributed by atoms with Crippen molar-refractivity contribution in [3.8, 4) is 0 Å². The molecule has 0 bridgehead atoms. The smallest absolute Gasteiger partial charge is 0.195 e. The van der Waals surface area contributed by atoms with E-state index in [2.05, 4.69) is 15.9 Å². The molecule has 1 fully saturated rings. The lowest BCUT2D eigenvalue weighted by molar-refractivity contribution is 0.352. The molecule has 1 atom stereocenters. The van der Waals surface area contributed by atoms with Gasteiger partial charge in [0.15, 0.2) is 0 Å². The minimum atomic E-state index is -3.35. The summed E-state index contributed by atoms with van der Waals surface area (Å²) >= 11 is 3.44. The molecule has 0 amide bonds. The Morgan fingerprint density at radius 3 is 2.84 bits per heavy atom. The summed E-state index contributed by atoms with van der Waals surface area (Å²) in [5, 5.41) is 0. The molecule has 2 rings (SSSR count). The fourth-order valence-corrected chi connectivity index (χ4v) is 4.42. The van der Waals surface area contributed by atoms with Crippen molar-refractivity contribution < 1.29 is 8.42 Å². The van der Waals surface area contributed by atoms with E-state index in [9.17, 15) is 8.42 Å². The lowest BCUT2D eigenvalue weighted by Crippen LogP contribution is -2.41. The zero-order chi connectivity index (χ0) is 14.0. The summed E-state index contributed by atoms with van der Waals surface area (Å²) in [7, 11) is -1.72. The van der Waals surface area contributed by atoms with E-state index in [0.717, 1.165) is 22.9 Å². The van der Waals surface area contributed by atoms with Gasteiger partial charge in [0.25, 0.3) is 10.2 Å². The maximum absolute atomic E-state index is 12.5. The second kappa shape index (κ2) is 5.91. The highest BCUT2D eigenvalue weighted by Crippen LogP contribution is 2.35. The van der Waals surface area contributed by atoms with Gasteiger partial charge in [-0.25, -0.2) is 0 Å². The van der Waals surface area contributed by atoms with Gasteiger partial charge in [0.05, 0.1) is 6.04 Å². The van der Waals surface area contributed by atoms with Crippen molar-refractivity contribution in [3.05, 3.63) is 34.3 Å². The molecule has 6 heteroatoms. The fourth-order valence-electron chi connectivity index (χ4n) is 2.41. The average Bonchev–Trinajstić information content (AvgIpc) is 2.87. The largest absolute Gasteiger partial charge is 0.282 e. The first kappa shape index (κ1) is 15.0. The van der Waals surface area contributed by atoms with E-state index < -0.39 is 10.2 Å². The number of halogens is 1. The van der Waals surface area contributed by atoms with Gasteiger partial charge in [-0.3, -0.25) is 0 Å². The zero-order valence-electron chi connectivity index (χ0n) is 11.2. The van der Waals surface area contributed by atoms with Gasteiger partial charge in [-0.2, -0.15) is 17.0 Å². The number of benzene rings is 1. The van der Waals surface area contributed by atoms with Crippen molar-refractivity contribution in [3.63, 3.8) is 0 Å². The first-order chi connectivity index (χ1) is 8.96. The summed E-state index contributed by atoms with van der Waals surface area (Å²) in [6, 6.07) is 7.86. The number of nitrogens with zero attached hydrogens (tertiary/aromatic N) is 2. The van der Waals surface area contributed by atoms with E-state index in [-0.39, 0.29) is 6.04 Å². The van der Waals surface area contributed by atoms with Crippen LogP contribution in [0.5, 0.6) is 0 Å². The van der Waals surface area contributed by atoms with Crippen LogP contribution >= 0.6 is 15.9 Å². The zero-order valence-corrected chi connectivity index (χ0v) is 13.6. The average molecular weight is 347 g/mol. The quantitative estimate of drug-likeness (QED) is 0.840. The van der Waals surface area contributed by atoms with Gasteiger partial charge >= 0.3 is 0 Å². The molecule has 19 heavy (non-hydrogen) atoms. The summed E-state index contributed by atoms with van der Waals surface area (Å²) in [4.78, 5) is 0. The van der Waals surface area contributed by atoms with Gasteiger partial charge in [0.2, 0.25) is 0 Å². The van der Waals surface area contributed by atoms with Gasteiger partial charge in [-0.1, -0.05) is 35.0 Å². The van der Waals surface area contributed by atoms with Crippen LogP contribution in [-0.2, 0) is 10.2 Å². The van der Waals surface area contributed by atoms with Crippen LogP contribution in [0.25, 0.3) is 0 Å². The third-order valence-corrected chi connectivity index (χ3v) is 6.14. The molecule has 0 saturated carbocycles. The molecule has 1 heterocycles. The van der Waals surface area contributed by atoms with Crippen LogP contribution in [0.3, 0.4) is 0 Å². The highest BCUT2D eigenvalue weighted by Gasteiger charge is 2.36. The van der Waals surface area contributed by atoms with Crippen molar-refractivity contribution in [2.24, 2.45) is 0 Å². The first-order valence-corrected chi connectivity index (χ1v) is 8.64. The van der Waals surface area contributed by atoms with Crippen molar-refractivity contribution in [1.29, 1.82) is 0 Å². The van der Waals surface area contributed by atoms with E-state index in [4.69, 9.17) is 0 Å². The van der Waals surface area contributed by atoms with Gasteiger partial charge in [-0.15, -0.1) is 0 Å². The first-order valence-electron chi connectivity index (χ1n) is 6.45. The highest BCUT2D eigenvalue weighted by molar-refractivity contribution is 9.10. The fraction of sp³-hybridized carbons (Fsp3) is 0.538. The predicted molar refractivity (Wildman–Crippen MR) is 80.0 cm³/mol. The standard InChI is InChI=1S/C13H19BrN2O2S/c1-3-15(2)19(17,18)16-9-5-8-13(16)11-6-4-7-12(14)10-11/h4,6-7,10,13H,3,5,8-9H2,1-2H3/t13-/m1/s1. The van der Waals surface area contributed by atoms with Crippen LogP contribution in [0, 0.1) is 0 Å². The Hall–Kier alpha value is -0.430. The van der Waals surface area contributed by atoms with Crippen molar-refractivity contribution >= 4 is 26.1 Å². The molecule has 1 aromatic carbocycles. The molecular weight excluding hydrogens is 328 g/mol. The highest BCUT2D eigenvalue weighted by atomic mass is 79.9. The summed E-state index contributed by atoms with van der Waals surface area (Å²) < 4.78 is 29.0. The van der Waals surface area contributed by atoms with Crippen molar-refractivity contribution in [1.82, 2.24) is 8.61 Å². The Bertz CT molecular complexity index is 547.